The van der Waals surface area contributed by atoms with E-state index in [2.05, 4.69) is 161 Å². The van der Waals surface area contributed by atoms with Gasteiger partial charge in [0.15, 0.2) is 17.5 Å². The molecule has 0 amide bonds. The van der Waals surface area contributed by atoms with Crippen molar-refractivity contribution in [2.24, 2.45) is 0 Å². The number of hydrogen-bond donors (Lipinski definition) is 0. The lowest BCUT2D eigenvalue weighted by Gasteiger charge is -2.24. The number of furan rings is 1. The molecular formula is C57H41N3O. The van der Waals surface area contributed by atoms with Crippen LogP contribution in [-0.2, 0) is 10.8 Å². The van der Waals surface area contributed by atoms with Gasteiger partial charge in [-0.3, -0.25) is 0 Å². The first-order valence-corrected chi connectivity index (χ1v) is 21.1. The average Bonchev–Trinajstić information content (AvgIpc) is 3.87. The highest BCUT2D eigenvalue weighted by molar-refractivity contribution is 6.10. The molecule has 0 spiro atoms. The van der Waals surface area contributed by atoms with Gasteiger partial charge >= 0.3 is 0 Å². The average molecular weight is 784 g/mol. The van der Waals surface area contributed by atoms with Crippen LogP contribution < -0.4 is 0 Å². The van der Waals surface area contributed by atoms with E-state index in [-0.39, 0.29) is 10.8 Å². The van der Waals surface area contributed by atoms with Crippen LogP contribution in [-0.4, -0.2) is 15.0 Å². The highest BCUT2D eigenvalue weighted by Crippen LogP contribution is 2.56. The van der Waals surface area contributed by atoms with Crippen molar-refractivity contribution in [3.8, 4) is 78.7 Å². The Bertz CT molecular complexity index is 3400. The first-order valence-electron chi connectivity index (χ1n) is 21.1. The number of fused-ring (bicyclic) bond motifs is 9. The number of rotatable bonds is 5. The maximum absolute atomic E-state index is 6.71. The minimum absolute atomic E-state index is 0.0401. The molecule has 2 heterocycles. The van der Waals surface area contributed by atoms with E-state index >= 15 is 0 Å². The fourth-order valence-corrected chi connectivity index (χ4v) is 10.0. The number of benzene rings is 8. The smallest absolute Gasteiger partial charge is 0.167 e. The molecule has 0 saturated carbocycles. The third kappa shape index (κ3) is 5.41. The summed E-state index contributed by atoms with van der Waals surface area (Å²) in [5.74, 6) is 1.79. The van der Waals surface area contributed by atoms with Gasteiger partial charge in [-0.05, 0) is 103 Å². The van der Waals surface area contributed by atoms with Crippen molar-refractivity contribution < 1.29 is 4.42 Å². The van der Waals surface area contributed by atoms with Gasteiger partial charge in [-0.15, -0.1) is 0 Å². The van der Waals surface area contributed by atoms with Gasteiger partial charge in [0, 0.05) is 32.7 Å². The summed E-state index contributed by atoms with van der Waals surface area (Å²) in [5, 5.41) is 2.08. The molecule has 12 rings (SSSR count). The van der Waals surface area contributed by atoms with Crippen LogP contribution >= 0.6 is 0 Å². The van der Waals surface area contributed by atoms with Gasteiger partial charge in [0.1, 0.15) is 11.2 Å². The van der Waals surface area contributed by atoms with Crippen molar-refractivity contribution in [2.45, 2.75) is 38.5 Å². The standard InChI is InChI=1S/C57H41N3O/c1-56(2)47-21-12-11-18-40(47)44-32-50-45(33-49(44)56)41-28-26-39(31-48(41)57(50,3)4)38-27-29-51-46(30-38)42-19-13-20-43(52(42)61-51)55-59-53(36-16-9-6-10-17-36)58-54(60-55)37-24-22-35(23-25-37)34-14-7-5-8-15-34/h5-33H,1-4H3. The zero-order chi connectivity index (χ0) is 41.0. The molecule has 0 fully saturated rings. The predicted octanol–water partition coefficient (Wildman–Crippen LogP) is 14.7. The lowest BCUT2D eigenvalue weighted by molar-refractivity contribution is 0.652. The molecule has 4 heteroatoms. The number of hydrogen-bond acceptors (Lipinski definition) is 4. The highest BCUT2D eigenvalue weighted by atomic mass is 16.3. The second-order valence-corrected chi connectivity index (χ2v) is 17.6. The molecule has 0 N–H and O–H groups in total. The summed E-state index contributed by atoms with van der Waals surface area (Å²) < 4.78 is 6.71. The Labute approximate surface area is 355 Å². The second kappa shape index (κ2) is 13.0. The second-order valence-electron chi connectivity index (χ2n) is 17.6. The summed E-state index contributed by atoms with van der Waals surface area (Å²) >= 11 is 0. The fourth-order valence-electron chi connectivity index (χ4n) is 10.0. The SMILES string of the molecule is CC1(C)c2ccccc2-c2cc3c(cc21)-c1ccc(-c2ccc4oc5c(-c6nc(-c7ccccc7)nc(-c7ccc(-c8ccccc8)cc7)n6)cccc5c4c2)cc1C3(C)C. The third-order valence-corrected chi connectivity index (χ3v) is 13.4. The van der Waals surface area contributed by atoms with Crippen LogP contribution in [0.2, 0.25) is 0 Å². The van der Waals surface area contributed by atoms with Gasteiger partial charge in [-0.1, -0.05) is 167 Å². The summed E-state index contributed by atoms with van der Waals surface area (Å²) in [7, 11) is 0. The third-order valence-electron chi connectivity index (χ3n) is 13.4. The quantitative estimate of drug-likeness (QED) is 0.174. The van der Waals surface area contributed by atoms with Gasteiger partial charge in [-0.25, -0.2) is 15.0 Å². The molecule has 61 heavy (non-hydrogen) atoms. The van der Waals surface area contributed by atoms with E-state index in [9.17, 15) is 0 Å². The van der Waals surface area contributed by atoms with Crippen molar-refractivity contribution in [3.63, 3.8) is 0 Å². The molecule has 0 radical (unpaired) electrons. The van der Waals surface area contributed by atoms with Crippen LogP contribution in [0.15, 0.2) is 180 Å². The van der Waals surface area contributed by atoms with E-state index in [4.69, 9.17) is 19.4 Å². The monoisotopic (exact) mass is 783 g/mol. The molecule has 290 valence electrons. The Morgan fingerprint density at radius 1 is 0.328 bits per heavy atom. The lowest BCUT2D eigenvalue weighted by atomic mass is 9.79. The maximum Gasteiger partial charge on any atom is 0.167 e. The van der Waals surface area contributed by atoms with Crippen molar-refractivity contribution in [2.75, 3.05) is 0 Å². The van der Waals surface area contributed by atoms with Gasteiger partial charge in [0.05, 0.1) is 5.56 Å². The summed E-state index contributed by atoms with van der Waals surface area (Å²) in [6.45, 7) is 9.48. The number of para-hydroxylation sites is 1. The van der Waals surface area contributed by atoms with Gasteiger partial charge < -0.3 is 4.42 Å². The molecular weight excluding hydrogens is 743 g/mol. The van der Waals surface area contributed by atoms with Crippen LogP contribution in [0.4, 0.5) is 0 Å². The van der Waals surface area contributed by atoms with Crippen LogP contribution in [0.3, 0.4) is 0 Å². The first kappa shape index (κ1) is 35.5. The highest BCUT2D eigenvalue weighted by Gasteiger charge is 2.41. The Morgan fingerprint density at radius 2 is 0.820 bits per heavy atom. The Morgan fingerprint density at radius 3 is 1.54 bits per heavy atom. The van der Waals surface area contributed by atoms with Crippen molar-refractivity contribution in [3.05, 3.63) is 198 Å². The Balaban J connectivity index is 0.941. The zero-order valence-corrected chi connectivity index (χ0v) is 34.5. The van der Waals surface area contributed by atoms with Crippen LogP contribution in [0, 0.1) is 0 Å². The molecule has 0 unspecified atom stereocenters. The first-order chi connectivity index (χ1) is 29.7. The van der Waals surface area contributed by atoms with E-state index in [1.165, 1.54) is 55.6 Å². The minimum atomic E-state index is -0.148. The minimum Gasteiger partial charge on any atom is -0.455 e. The number of nitrogens with zero attached hydrogens (tertiary/aromatic N) is 3. The van der Waals surface area contributed by atoms with E-state index < -0.39 is 0 Å². The molecule has 2 aliphatic rings. The Kier molecular flexibility index (Phi) is 7.59. The molecule has 0 saturated heterocycles. The van der Waals surface area contributed by atoms with Crippen LogP contribution in [0.1, 0.15) is 49.9 Å². The Hall–Kier alpha value is -7.43. The van der Waals surface area contributed by atoms with E-state index in [0.29, 0.717) is 17.5 Å². The number of aromatic nitrogens is 3. The predicted molar refractivity (Wildman–Crippen MR) is 249 cm³/mol. The molecule has 8 aromatic carbocycles. The van der Waals surface area contributed by atoms with Crippen LogP contribution in [0.5, 0.6) is 0 Å². The lowest BCUT2D eigenvalue weighted by Crippen LogP contribution is -2.17. The van der Waals surface area contributed by atoms with Gasteiger partial charge in [0.2, 0.25) is 0 Å². The summed E-state index contributed by atoms with van der Waals surface area (Å²) in [4.78, 5) is 15.2. The summed E-state index contributed by atoms with van der Waals surface area (Å²) in [6.07, 6.45) is 0. The molecule has 4 nitrogen and oxygen atoms in total. The van der Waals surface area contributed by atoms with E-state index in [1.807, 2.05) is 42.5 Å². The molecule has 2 aliphatic carbocycles. The van der Waals surface area contributed by atoms with Gasteiger partial charge in [0.25, 0.3) is 0 Å². The zero-order valence-electron chi connectivity index (χ0n) is 34.5. The molecule has 0 bridgehead atoms. The molecule has 2 aromatic heterocycles. The van der Waals surface area contributed by atoms with Crippen molar-refractivity contribution >= 4 is 21.9 Å². The largest absolute Gasteiger partial charge is 0.455 e. The molecule has 0 atom stereocenters. The van der Waals surface area contributed by atoms with Gasteiger partial charge in [-0.2, -0.15) is 0 Å². The fraction of sp³-hybridized carbons (Fsp3) is 0.105. The van der Waals surface area contributed by atoms with Crippen molar-refractivity contribution in [1.29, 1.82) is 0 Å². The normalized spacial score (nSPS) is 14.2. The molecule has 0 aliphatic heterocycles. The maximum atomic E-state index is 6.71. The summed E-state index contributed by atoms with van der Waals surface area (Å²) in [5.41, 5.74) is 19.7. The topological polar surface area (TPSA) is 51.8 Å². The van der Waals surface area contributed by atoms with Crippen LogP contribution in [0.25, 0.3) is 101 Å². The molecule has 10 aromatic rings. The van der Waals surface area contributed by atoms with E-state index in [1.54, 1.807) is 0 Å². The van der Waals surface area contributed by atoms with E-state index in [0.717, 1.165) is 49.8 Å². The van der Waals surface area contributed by atoms with Crippen molar-refractivity contribution in [1.82, 2.24) is 15.0 Å². The summed E-state index contributed by atoms with van der Waals surface area (Å²) in [6, 6.07) is 62.7.